The first-order valence-electron chi connectivity index (χ1n) is 25.6. The molecule has 1 saturated heterocycles. The number of rotatable bonds is 34. The number of carbonyl (C=O) groups is 7. The van der Waals surface area contributed by atoms with Gasteiger partial charge in [0.05, 0.1) is 48.2 Å². The van der Waals surface area contributed by atoms with Crippen molar-refractivity contribution in [2.75, 3.05) is 62.0 Å². The predicted molar refractivity (Wildman–Crippen MR) is 285 cm³/mol. The fraction of sp³-hybridized carbons (Fsp3) is 0.755. The number of methoxy groups -OCH3 is 2. The van der Waals surface area contributed by atoms with E-state index >= 15 is 0 Å². The maximum atomic E-state index is 14.1. The van der Waals surface area contributed by atoms with Crippen molar-refractivity contribution in [1.82, 2.24) is 41.7 Å². The van der Waals surface area contributed by atoms with Gasteiger partial charge in [0.2, 0.25) is 30.0 Å². The Kier molecular flexibility index (Phi) is 38.0. The van der Waals surface area contributed by atoms with Gasteiger partial charge >= 0.3 is 0 Å². The largest absolute Gasteiger partial charge is 0.379 e. The number of allylic oxidation sites excluding steroid dienone is 4. The lowest BCUT2D eigenvalue weighted by Gasteiger charge is -2.41. The Balaban J connectivity index is 0. The molecule has 1 rings (SSSR count). The zero-order chi connectivity index (χ0) is 54.7. The van der Waals surface area contributed by atoms with Crippen LogP contribution in [0.1, 0.15) is 127 Å². The zero-order valence-corrected chi connectivity index (χ0v) is 46.4. The van der Waals surface area contributed by atoms with E-state index in [9.17, 15) is 33.6 Å². The van der Waals surface area contributed by atoms with Gasteiger partial charge in [-0.2, -0.15) is 0 Å². The average molecular weight is 1010 g/mol. The fourth-order valence-corrected chi connectivity index (χ4v) is 8.43. The van der Waals surface area contributed by atoms with Crippen LogP contribution in [0.5, 0.6) is 0 Å². The van der Waals surface area contributed by atoms with Crippen molar-refractivity contribution in [2.45, 2.75) is 181 Å². The first-order chi connectivity index (χ1) is 33.6. The van der Waals surface area contributed by atoms with Crippen LogP contribution in [-0.2, 0) is 43.0 Å². The Morgan fingerprint density at radius 1 is 0.930 bits per heavy atom. The topological polar surface area (TPSA) is 243 Å². The van der Waals surface area contributed by atoms with Crippen LogP contribution in [0.4, 0.5) is 0 Å². The third-order valence-corrected chi connectivity index (χ3v) is 13.1. The number of likely N-dealkylation sites (N-methyl/N-ethyl adjacent to an activating group) is 4. The molecule has 5 amide bonds. The molecule has 0 saturated carbocycles. The van der Waals surface area contributed by atoms with Gasteiger partial charge in [-0.1, -0.05) is 84.8 Å². The number of nitrogens with one attached hydrogen (secondary N) is 6. The molecule has 0 aliphatic carbocycles. The summed E-state index contributed by atoms with van der Waals surface area (Å²) in [4.78, 5) is 89.8. The highest BCUT2D eigenvalue weighted by molar-refractivity contribution is 5.91. The van der Waals surface area contributed by atoms with Crippen LogP contribution in [0.15, 0.2) is 36.5 Å². The van der Waals surface area contributed by atoms with Gasteiger partial charge in [-0.25, -0.2) is 0 Å². The van der Waals surface area contributed by atoms with Gasteiger partial charge in [0.1, 0.15) is 18.6 Å². The first-order valence-corrected chi connectivity index (χ1v) is 25.6. The van der Waals surface area contributed by atoms with Gasteiger partial charge in [-0.3, -0.25) is 24.0 Å². The Bertz CT molecular complexity index is 1600. The molecule has 0 bridgehead atoms. The van der Waals surface area contributed by atoms with E-state index in [-0.39, 0.29) is 48.1 Å². The number of ether oxygens (including phenoxy) is 2. The minimum Gasteiger partial charge on any atom is -0.379 e. The number of likely N-dealkylation sites (tertiary alicyclic amines) is 1. The van der Waals surface area contributed by atoms with Crippen molar-refractivity contribution < 1.29 is 43.0 Å². The number of hydrogen-bond acceptors (Lipinski definition) is 13. The second-order valence-corrected chi connectivity index (χ2v) is 19.4. The summed E-state index contributed by atoms with van der Waals surface area (Å²) in [5, 5.41) is 17.6. The number of unbranched alkanes of at least 4 members (excludes halogenated alkanes) is 3. The van der Waals surface area contributed by atoms with Crippen LogP contribution in [0, 0.1) is 17.8 Å². The predicted octanol–water partition coefficient (Wildman–Crippen LogP) is 3.83. The minimum absolute atomic E-state index is 0.00272. The van der Waals surface area contributed by atoms with E-state index in [2.05, 4.69) is 38.5 Å². The Morgan fingerprint density at radius 3 is 2.03 bits per heavy atom. The Morgan fingerprint density at radius 2 is 1.56 bits per heavy atom. The summed E-state index contributed by atoms with van der Waals surface area (Å²) >= 11 is 0. The summed E-state index contributed by atoms with van der Waals surface area (Å²) in [6.07, 6.45) is 15.5. The van der Waals surface area contributed by atoms with Gasteiger partial charge < -0.3 is 66.5 Å². The normalized spacial score (nSPS) is 17.6. The van der Waals surface area contributed by atoms with E-state index < -0.39 is 47.7 Å². The van der Waals surface area contributed by atoms with Crippen LogP contribution < -0.4 is 37.6 Å². The van der Waals surface area contributed by atoms with Crippen LogP contribution >= 0.6 is 0 Å². The SMILES string of the molecule is C=C/C=C\C(=C/C)CC(C=O)NC(=O)C(C)C(OC)C1CCCN1C(=O)CC(OC)C(C(C)CC)N(C)C(=O)C(NC(=O)C(C)(C)N)C(C)C.CNC(CCCCCC=O)C(C)NC=O.CNCCNC. The lowest BCUT2D eigenvalue weighted by atomic mass is 9.89. The van der Waals surface area contributed by atoms with Crippen molar-refractivity contribution in [3.63, 3.8) is 0 Å². The van der Waals surface area contributed by atoms with E-state index in [1.807, 2.05) is 74.8 Å². The van der Waals surface area contributed by atoms with E-state index in [0.717, 1.165) is 76.2 Å². The maximum Gasteiger partial charge on any atom is 0.245 e. The van der Waals surface area contributed by atoms with Crippen LogP contribution in [0.25, 0.3) is 0 Å². The molecule has 0 spiro atoms. The standard InChI is InChI=1S/C38H65N5O7.C11H22N2O2.C4H12N2/c1-13-16-18-27(15-3)21-28(23-44)40-35(46)26(7)34(50-12)29-19-17-20-43(29)31(45)22-30(49-11)33(25(6)14-2)42(10)36(47)32(24(4)5)41-37(48)38(8,9)39;1-10(13-9-15)11(12-2)7-5-3-4-6-8-14;1-5-3-4-6-2/h13,15-16,18,23-26,28-30,32-34H,1,14,17,19-22,39H2,2-12H3,(H,40,46)(H,41,48);8-12H,3-7H2,1-2H3,(H,13,15);5-6H,3-4H2,1-2H3/b18-16-,27-15+;;. The highest BCUT2D eigenvalue weighted by Crippen LogP contribution is 2.30. The number of hydrogen-bond donors (Lipinski definition) is 7. The molecule has 0 aromatic carbocycles. The number of nitrogens with two attached hydrogens (primary N) is 1. The molecule has 0 aromatic heterocycles. The van der Waals surface area contributed by atoms with E-state index in [4.69, 9.17) is 15.2 Å². The second-order valence-electron chi connectivity index (χ2n) is 19.4. The monoisotopic (exact) mass is 1010 g/mol. The molecule has 10 atom stereocenters. The van der Waals surface area contributed by atoms with Crippen molar-refractivity contribution in [3.05, 3.63) is 36.5 Å². The molecular formula is C53H99N9O9. The van der Waals surface area contributed by atoms with Crippen molar-refractivity contribution in [2.24, 2.45) is 23.5 Å². The Hall–Kier alpha value is -4.33. The third-order valence-electron chi connectivity index (χ3n) is 13.1. The van der Waals surface area contributed by atoms with E-state index in [1.54, 1.807) is 49.8 Å². The van der Waals surface area contributed by atoms with Gasteiger partial charge in [0, 0.05) is 59.4 Å². The molecule has 18 heteroatoms. The molecule has 10 unspecified atom stereocenters. The average Bonchev–Trinajstić information content (AvgIpc) is 3.83. The van der Waals surface area contributed by atoms with Gasteiger partial charge in [0.15, 0.2) is 0 Å². The molecule has 8 N–H and O–H groups in total. The highest BCUT2D eigenvalue weighted by atomic mass is 16.5. The summed E-state index contributed by atoms with van der Waals surface area (Å²) in [6, 6.07) is -1.93. The molecule has 0 aromatic rings. The third kappa shape index (κ3) is 26.3. The number of aldehydes is 2. The smallest absolute Gasteiger partial charge is 0.245 e. The second kappa shape index (κ2) is 39.2. The molecule has 1 heterocycles. The molecule has 410 valence electrons. The molecule has 1 fully saturated rings. The molecule has 0 radical (unpaired) electrons. The molecule has 1 aliphatic rings. The number of amides is 5. The van der Waals surface area contributed by atoms with Gasteiger partial charge in [0.25, 0.3) is 0 Å². The summed E-state index contributed by atoms with van der Waals surface area (Å²) in [5.41, 5.74) is 5.73. The van der Waals surface area contributed by atoms with Crippen LogP contribution in [0.3, 0.4) is 0 Å². The lowest BCUT2D eigenvalue weighted by Crippen LogP contribution is -2.60. The Labute approximate surface area is 428 Å². The van der Waals surface area contributed by atoms with Crippen molar-refractivity contribution in [3.8, 4) is 0 Å². The van der Waals surface area contributed by atoms with Crippen molar-refractivity contribution in [1.29, 1.82) is 0 Å². The fourth-order valence-electron chi connectivity index (χ4n) is 8.43. The zero-order valence-electron chi connectivity index (χ0n) is 46.4. The maximum absolute atomic E-state index is 14.1. The van der Waals surface area contributed by atoms with E-state index in [0.29, 0.717) is 31.8 Å². The molecular weight excluding hydrogens is 907 g/mol. The number of carbonyl (C=O) groups excluding carboxylic acids is 7. The molecule has 18 nitrogen and oxygen atoms in total. The molecule has 1 aliphatic heterocycles. The summed E-state index contributed by atoms with van der Waals surface area (Å²) in [6.45, 7) is 22.8. The summed E-state index contributed by atoms with van der Waals surface area (Å²) < 4.78 is 11.8. The van der Waals surface area contributed by atoms with Gasteiger partial charge in [-0.15, -0.1) is 0 Å². The quantitative estimate of drug-likeness (QED) is 0.0276. The summed E-state index contributed by atoms with van der Waals surface area (Å²) in [5.74, 6) is -2.14. The van der Waals surface area contributed by atoms with Gasteiger partial charge in [-0.05, 0) is 98.4 Å². The first kappa shape index (κ1) is 68.7. The summed E-state index contributed by atoms with van der Waals surface area (Å²) in [7, 11) is 10.5. The highest BCUT2D eigenvalue weighted by Gasteiger charge is 2.43. The van der Waals surface area contributed by atoms with E-state index in [1.165, 1.54) is 14.2 Å². The van der Waals surface area contributed by atoms with Crippen LogP contribution in [-0.4, -0.2) is 168 Å². The molecule has 71 heavy (non-hydrogen) atoms. The van der Waals surface area contributed by atoms with Crippen molar-refractivity contribution >= 4 is 42.6 Å². The lowest BCUT2D eigenvalue weighted by molar-refractivity contribution is -0.148. The number of nitrogens with zero attached hydrogens (tertiary/aromatic N) is 2. The minimum atomic E-state index is -1.16. The van der Waals surface area contributed by atoms with Crippen LogP contribution in [0.2, 0.25) is 0 Å².